The second kappa shape index (κ2) is 18.9. The predicted octanol–water partition coefficient (Wildman–Crippen LogP) is 10.5. The molecule has 0 bridgehead atoms. The minimum Gasteiger partial charge on any atom is -0.494 e. The Morgan fingerprint density at radius 3 is 1.73 bits per heavy atom. The number of carbonyl (C=O) groups excluding carboxylic acids is 2. The summed E-state index contributed by atoms with van der Waals surface area (Å²) in [5.74, 6) is 0.524. The summed E-state index contributed by atoms with van der Waals surface area (Å²) in [6, 6.07) is 20.8. The highest BCUT2D eigenvalue weighted by molar-refractivity contribution is 6.30. The molecule has 0 aliphatic carbocycles. The van der Waals surface area contributed by atoms with Crippen LogP contribution in [0, 0.1) is 0 Å². The molecule has 0 saturated heterocycles. The van der Waals surface area contributed by atoms with Crippen molar-refractivity contribution in [3.05, 3.63) is 101 Å². The molecule has 0 amide bonds. The molecule has 0 aliphatic rings. The maximum atomic E-state index is 12.6. The molecule has 4 nitrogen and oxygen atoms in total. The van der Waals surface area contributed by atoms with Crippen LogP contribution in [0.15, 0.2) is 78.9 Å². The van der Waals surface area contributed by atoms with Gasteiger partial charge in [0, 0.05) is 10.6 Å². The number of rotatable bonds is 19. The van der Waals surface area contributed by atoms with Crippen molar-refractivity contribution in [1.29, 1.82) is 0 Å². The molecule has 0 aromatic heterocycles. The van der Waals surface area contributed by atoms with Crippen LogP contribution >= 0.6 is 11.6 Å². The normalized spacial score (nSPS) is 11.1. The van der Waals surface area contributed by atoms with Gasteiger partial charge in [0.05, 0.1) is 12.2 Å². The Bertz CT molecular complexity index is 1200. The van der Waals surface area contributed by atoms with Gasteiger partial charge >= 0.3 is 5.97 Å². The van der Waals surface area contributed by atoms with Crippen LogP contribution in [0.5, 0.6) is 11.5 Å². The largest absolute Gasteiger partial charge is 0.494 e. The van der Waals surface area contributed by atoms with Crippen molar-refractivity contribution in [3.63, 3.8) is 0 Å². The number of hydrogen-bond donors (Lipinski definition) is 0. The number of benzene rings is 3. The third-order valence-corrected chi connectivity index (χ3v) is 7.26. The Morgan fingerprint density at radius 2 is 1.15 bits per heavy atom. The van der Waals surface area contributed by atoms with Crippen molar-refractivity contribution in [3.8, 4) is 11.5 Å². The first kappa shape index (κ1) is 32.1. The third-order valence-electron chi connectivity index (χ3n) is 7.00. The van der Waals surface area contributed by atoms with Crippen molar-refractivity contribution in [2.75, 3.05) is 6.61 Å². The van der Waals surface area contributed by atoms with Crippen LogP contribution in [-0.2, 0) is 0 Å². The molecule has 3 rings (SSSR count). The minimum atomic E-state index is -0.459. The molecule has 218 valence electrons. The summed E-state index contributed by atoms with van der Waals surface area (Å²) in [7, 11) is 0. The van der Waals surface area contributed by atoms with E-state index in [1.807, 2.05) is 12.1 Å². The Kier molecular flexibility index (Phi) is 14.8. The lowest BCUT2D eigenvalue weighted by Crippen LogP contribution is -2.08. The Balaban J connectivity index is 1.30. The average Bonchev–Trinajstić information content (AvgIpc) is 2.99. The zero-order valence-electron chi connectivity index (χ0n) is 24.3. The summed E-state index contributed by atoms with van der Waals surface area (Å²) in [4.78, 5) is 25.0. The highest BCUT2D eigenvalue weighted by Gasteiger charge is 2.10. The van der Waals surface area contributed by atoms with Gasteiger partial charge in [0.25, 0.3) is 0 Å². The molecular formula is C36H43ClO4. The van der Waals surface area contributed by atoms with E-state index >= 15 is 0 Å². The molecule has 0 unspecified atom stereocenters. The van der Waals surface area contributed by atoms with Crippen molar-refractivity contribution < 1.29 is 19.1 Å². The van der Waals surface area contributed by atoms with Gasteiger partial charge in [-0.3, -0.25) is 4.79 Å². The molecule has 0 radical (unpaired) electrons. The second-order valence-corrected chi connectivity index (χ2v) is 10.9. The van der Waals surface area contributed by atoms with Gasteiger partial charge in [-0.25, -0.2) is 4.79 Å². The summed E-state index contributed by atoms with van der Waals surface area (Å²) in [5, 5.41) is 0.646. The fraction of sp³-hybridized carbons (Fsp3) is 0.389. The van der Waals surface area contributed by atoms with Crippen molar-refractivity contribution >= 4 is 29.4 Å². The first-order valence-corrected chi connectivity index (χ1v) is 15.5. The Morgan fingerprint density at radius 1 is 0.634 bits per heavy atom. The van der Waals surface area contributed by atoms with Gasteiger partial charge in [-0.1, -0.05) is 107 Å². The number of esters is 1. The summed E-state index contributed by atoms with van der Waals surface area (Å²) in [5.41, 5.74) is 1.83. The number of carbonyl (C=O) groups is 2. The molecule has 0 fully saturated rings. The van der Waals surface area contributed by atoms with Crippen LogP contribution in [0.2, 0.25) is 5.02 Å². The van der Waals surface area contributed by atoms with Gasteiger partial charge < -0.3 is 9.47 Å². The maximum Gasteiger partial charge on any atom is 0.343 e. The van der Waals surface area contributed by atoms with Crippen LogP contribution < -0.4 is 9.47 Å². The summed E-state index contributed by atoms with van der Waals surface area (Å²) < 4.78 is 11.3. The molecule has 0 atom stereocenters. The molecule has 3 aromatic carbocycles. The van der Waals surface area contributed by atoms with E-state index in [4.69, 9.17) is 21.1 Å². The van der Waals surface area contributed by atoms with E-state index in [1.165, 1.54) is 76.7 Å². The van der Waals surface area contributed by atoms with Gasteiger partial charge in [0.15, 0.2) is 5.78 Å². The quantitative estimate of drug-likeness (QED) is 0.0469. The number of ketones is 1. The van der Waals surface area contributed by atoms with E-state index in [-0.39, 0.29) is 5.78 Å². The van der Waals surface area contributed by atoms with Gasteiger partial charge in [0.2, 0.25) is 0 Å². The van der Waals surface area contributed by atoms with Crippen LogP contribution in [0.3, 0.4) is 0 Å². The molecule has 5 heteroatoms. The smallest absolute Gasteiger partial charge is 0.343 e. The van der Waals surface area contributed by atoms with E-state index in [0.717, 1.165) is 17.7 Å². The summed E-state index contributed by atoms with van der Waals surface area (Å²) >= 11 is 5.89. The van der Waals surface area contributed by atoms with Crippen LogP contribution in [0.1, 0.15) is 110 Å². The first-order valence-electron chi connectivity index (χ1n) is 15.1. The van der Waals surface area contributed by atoms with E-state index in [2.05, 4.69) is 6.92 Å². The Labute approximate surface area is 250 Å². The monoisotopic (exact) mass is 574 g/mol. The number of hydrogen-bond acceptors (Lipinski definition) is 4. The van der Waals surface area contributed by atoms with E-state index in [9.17, 15) is 9.59 Å². The lowest BCUT2D eigenvalue weighted by molar-refractivity contribution is 0.0734. The third kappa shape index (κ3) is 12.8. The highest BCUT2D eigenvalue weighted by Crippen LogP contribution is 2.19. The van der Waals surface area contributed by atoms with Gasteiger partial charge in [-0.2, -0.15) is 0 Å². The van der Waals surface area contributed by atoms with Crippen LogP contribution in [0.4, 0.5) is 0 Å². The van der Waals surface area contributed by atoms with Crippen molar-refractivity contribution in [2.24, 2.45) is 0 Å². The molecule has 0 N–H and O–H groups in total. The maximum absolute atomic E-state index is 12.6. The molecule has 0 saturated carbocycles. The van der Waals surface area contributed by atoms with Gasteiger partial charge in [0.1, 0.15) is 11.5 Å². The molecule has 41 heavy (non-hydrogen) atoms. The molecule has 0 spiro atoms. The predicted molar refractivity (Wildman–Crippen MR) is 169 cm³/mol. The number of unbranched alkanes of at least 4 members (excludes halogenated alkanes) is 11. The van der Waals surface area contributed by atoms with Gasteiger partial charge in [-0.15, -0.1) is 0 Å². The standard InChI is InChI=1S/C36H43ClO4/c1-2-3-4-5-6-7-8-9-10-11-12-13-28-40-33-23-19-31(20-24-33)36(39)41-34-25-17-30(18-26-34)35(38)27-16-29-14-21-32(37)22-15-29/h14-27H,2-13,28H2,1H3/b27-16+. The lowest BCUT2D eigenvalue weighted by Gasteiger charge is -2.08. The van der Waals surface area contributed by atoms with Gasteiger partial charge in [-0.05, 0) is 78.7 Å². The number of allylic oxidation sites excluding steroid dienone is 1. The van der Waals surface area contributed by atoms with Crippen LogP contribution in [-0.4, -0.2) is 18.4 Å². The summed E-state index contributed by atoms with van der Waals surface area (Å²) in [6.45, 7) is 2.95. The zero-order valence-corrected chi connectivity index (χ0v) is 25.0. The molecular weight excluding hydrogens is 532 g/mol. The fourth-order valence-corrected chi connectivity index (χ4v) is 4.64. The molecule has 0 aliphatic heterocycles. The average molecular weight is 575 g/mol. The highest BCUT2D eigenvalue weighted by atomic mass is 35.5. The summed E-state index contributed by atoms with van der Waals surface area (Å²) in [6.07, 6.45) is 19.0. The fourth-order valence-electron chi connectivity index (χ4n) is 4.52. The number of halogens is 1. The molecule has 0 heterocycles. The number of ether oxygens (including phenoxy) is 2. The zero-order chi connectivity index (χ0) is 29.1. The topological polar surface area (TPSA) is 52.6 Å². The van der Waals surface area contributed by atoms with E-state index in [0.29, 0.717) is 28.5 Å². The van der Waals surface area contributed by atoms with Crippen molar-refractivity contribution in [2.45, 2.75) is 84.0 Å². The van der Waals surface area contributed by atoms with Crippen LogP contribution in [0.25, 0.3) is 6.08 Å². The molecule has 3 aromatic rings. The van der Waals surface area contributed by atoms with E-state index in [1.54, 1.807) is 66.7 Å². The minimum absolute atomic E-state index is 0.142. The van der Waals surface area contributed by atoms with Crippen molar-refractivity contribution in [1.82, 2.24) is 0 Å². The SMILES string of the molecule is CCCCCCCCCCCCCCOc1ccc(C(=O)Oc2ccc(C(=O)/C=C/c3ccc(Cl)cc3)cc2)cc1. The van der Waals surface area contributed by atoms with E-state index < -0.39 is 5.97 Å². The Hall–Kier alpha value is -3.37. The second-order valence-electron chi connectivity index (χ2n) is 10.4. The lowest BCUT2D eigenvalue weighted by atomic mass is 10.1. The first-order chi connectivity index (χ1) is 20.0.